The molecule has 7 aromatic heterocycles. The third kappa shape index (κ3) is 34.6. The molecule has 0 fully saturated rings. The second-order valence-corrected chi connectivity index (χ2v) is 24.1. The highest BCUT2D eigenvalue weighted by Gasteiger charge is 2.42. The lowest BCUT2D eigenvalue weighted by Crippen LogP contribution is -2.50. The Morgan fingerprint density at radius 3 is 1.32 bits per heavy atom. The van der Waals surface area contributed by atoms with Crippen LogP contribution >= 0.6 is 109 Å². The molecule has 1 amide bonds. The molecule has 0 bridgehead atoms. The number of benzene rings is 1. The lowest BCUT2D eigenvalue weighted by molar-refractivity contribution is -0.0974. The summed E-state index contributed by atoms with van der Waals surface area (Å²) in [6.45, 7) is 1.40. The number of hydrogen-bond acceptors (Lipinski definition) is 21. The van der Waals surface area contributed by atoms with Crippen LogP contribution in [-0.2, 0) is 15.6 Å². The van der Waals surface area contributed by atoms with Crippen molar-refractivity contribution in [2.75, 3.05) is 25.2 Å². The highest BCUT2D eigenvalue weighted by Crippen LogP contribution is 2.36. The fourth-order valence-corrected chi connectivity index (χ4v) is 8.78. The van der Waals surface area contributed by atoms with Crippen LogP contribution in [0.2, 0.25) is 15.5 Å². The number of aromatic hydroxyl groups is 1. The summed E-state index contributed by atoms with van der Waals surface area (Å²) in [5.41, 5.74) is -15.0. The Kier molecular flexibility index (Phi) is 32.9. The predicted octanol–water partition coefficient (Wildman–Crippen LogP) is 15.6. The van der Waals surface area contributed by atoms with Crippen LogP contribution in [0.4, 0.5) is 54.0 Å². The number of ether oxygens (including phenoxy) is 6. The van der Waals surface area contributed by atoms with Gasteiger partial charge in [0.25, 0.3) is 5.91 Å². The number of carboxylic acid groups (broad SMARTS) is 1. The first-order valence-corrected chi connectivity index (χ1v) is 31.0. The number of carbonyl (C=O) groups is 2. The Morgan fingerprint density at radius 1 is 0.600 bits per heavy atom. The van der Waals surface area contributed by atoms with Gasteiger partial charge in [-0.05, 0) is 126 Å². The van der Waals surface area contributed by atoms with E-state index in [4.69, 9.17) is 60.7 Å². The van der Waals surface area contributed by atoms with Gasteiger partial charge < -0.3 is 49.7 Å². The summed E-state index contributed by atoms with van der Waals surface area (Å²) in [6, 6.07) is 23.7. The van der Waals surface area contributed by atoms with Gasteiger partial charge in [0.15, 0.2) is 0 Å². The van der Waals surface area contributed by atoms with Crippen molar-refractivity contribution < 1.29 is 105 Å². The number of aliphatic imine (C=N–C) groups is 1. The third-order valence-electron chi connectivity index (χ3n) is 10.4. The van der Waals surface area contributed by atoms with Crippen molar-refractivity contribution >= 4 is 142 Å². The molecule has 8 aromatic rings. The maximum Gasteiger partial charge on any atom is 0.487 e. The number of nitrogens with two attached hydrogens (primary N) is 1. The summed E-state index contributed by atoms with van der Waals surface area (Å²) >= 11 is 42.0. The first-order chi connectivity index (χ1) is 46.2. The number of nitriles is 1. The van der Waals surface area contributed by atoms with E-state index in [0.717, 1.165) is 71.4 Å². The molecule has 0 radical (unpaired) electrons. The second-order valence-electron chi connectivity index (χ2n) is 17.9. The zero-order valence-electron chi connectivity index (χ0n) is 49.6. The number of halogens is 20. The summed E-state index contributed by atoms with van der Waals surface area (Å²) in [4.78, 5) is 52.0. The number of sulfonamides is 1. The van der Waals surface area contributed by atoms with Crippen LogP contribution in [0.3, 0.4) is 0 Å². The van der Waals surface area contributed by atoms with Crippen molar-refractivity contribution in [1.29, 1.82) is 5.26 Å². The minimum atomic E-state index is -3.93. The minimum Gasteiger partial charge on any atom is -0.506 e. The largest absolute Gasteiger partial charge is 0.506 e. The van der Waals surface area contributed by atoms with Gasteiger partial charge in [-0.2, -0.15) is 5.26 Å². The number of methoxy groups -OCH3 is 1. The first-order valence-electron chi connectivity index (χ1n) is 25.6. The van der Waals surface area contributed by atoms with Crippen molar-refractivity contribution in [3.63, 3.8) is 0 Å². The molecule has 0 unspecified atom stereocenters. The standard InChI is InChI=1S/C18H17ClF3N5O4S.C7H3ClF2N2O.C7H4ClF2NO3.C6H3BrClF2NO.C6H3Cl2F2NO.C6H6ClNO.C5H4ClNO/c1-17(9-32(29,30)27(2)16(23)26-17)12-7-10(3-5-13(12)20)25-15(28)14-6-4-11(8-24-14)31-18(19,21)22;8-7(9,10)13-6-2-1-5(3-11)12-4-6;8-7(9,10)14-4-1-2-5(6(12)13)11-3-4;2*7-5-2-1-4(3-11-5)12-6(8,9)10;1-9-5-2-3-6(7)8-4-5;6-5-2-1-4(8)3-7-5/h3-8H,9H2,1-2H3,(H2,23,26)(H,25,28);1-2,4H;1-3H,(H,12,13);2*1-3H;2-4H,1H3;1-3,8H/t17-;;;;;;/m0....../s1. The molecule has 1 atom stereocenters. The zero-order chi connectivity index (χ0) is 75.6. The molecule has 1 aromatic carbocycles. The molecule has 0 aliphatic carbocycles. The molecule has 8 heterocycles. The fraction of sp³-hybridized carbons (Fsp3) is 0.182. The molecule has 100 heavy (non-hydrogen) atoms. The van der Waals surface area contributed by atoms with E-state index in [1.165, 1.54) is 80.8 Å². The van der Waals surface area contributed by atoms with Crippen LogP contribution in [0.15, 0.2) is 156 Å². The van der Waals surface area contributed by atoms with Crippen molar-refractivity contribution in [3.05, 3.63) is 195 Å². The topological polar surface area (TPSA) is 332 Å². The van der Waals surface area contributed by atoms with E-state index in [1.54, 1.807) is 31.5 Å². The maximum absolute atomic E-state index is 14.6. The van der Waals surface area contributed by atoms with Crippen LogP contribution in [-0.4, -0.2) is 123 Å². The zero-order valence-corrected chi connectivity index (χ0v) is 58.0. The number of amides is 1. The van der Waals surface area contributed by atoms with Crippen molar-refractivity contribution in [2.45, 2.75) is 40.3 Å². The Labute approximate surface area is 605 Å². The highest BCUT2D eigenvalue weighted by atomic mass is 79.9. The summed E-state index contributed by atoms with van der Waals surface area (Å²) < 4.78 is 187. The SMILES string of the molecule is CN1C(N)=N[C@](C)(c2cc(NC(=O)c3ccc(OC(F)(F)Cl)cn3)ccc2F)CS1(=O)=O.COc1ccc(Cl)nc1.FC(F)(Cl)Oc1ccc(Br)nc1.FC(F)(Cl)Oc1ccc(Cl)nc1.N#Cc1ccc(OC(F)(F)Cl)cn1.O=C(O)c1ccc(OC(F)(F)Cl)cn1.Oc1ccc(Cl)nc1. The summed E-state index contributed by atoms with van der Waals surface area (Å²) in [5.74, 6) is -3.83. The van der Waals surface area contributed by atoms with E-state index in [2.05, 4.69) is 143 Å². The van der Waals surface area contributed by atoms with E-state index < -0.39 is 66.8 Å². The Morgan fingerprint density at radius 2 is 0.990 bits per heavy atom. The molecule has 0 spiro atoms. The number of anilines is 1. The number of alkyl halides is 15. The average molecular weight is 1670 g/mol. The van der Waals surface area contributed by atoms with E-state index in [1.807, 2.05) is 0 Å². The molecule has 0 saturated heterocycles. The number of aromatic carboxylic acids is 1. The van der Waals surface area contributed by atoms with E-state index in [0.29, 0.717) is 14.9 Å². The van der Waals surface area contributed by atoms with Gasteiger partial charge >= 0.3 is 33.8 Å². The van der Waals surface area contributed by atoms with Crippen molar-refractivity contribution in [3.8, 4) is 46.3 Å². The number of rotatable bonds is 15. The molecule has 1 aliphatic heterocycles. The predicted molar refractivity (Wildman–Crippen MR) is 344 cm³/mol. The number of carboxylic acids is 1. The molecular formula is C55H40BrCl8F11N12O12S. The summed E-state index contributed by atoms with van der Waals surface area (Å²) in [7, 11) is -1.02. The molecule has 5 N–H and O–H groups in total. The van der Waals surface area contributed by atoms with E-state index in [-0.39, 0.29) is 73.9 Å². The van der Waals surface area contributed by atoms with Gasteiger partial charge in [0.1, 0.15) is 94.8 Å². The molecule has 9 rings (SSSR count). The number of carbonyl (C=O) groups excluding carboxylic acids is 1. The number of nitrogens with zero attached hydrogens (tertiary/aromatic N) is 10. The lowest BCUT2D eigenvalue weighted by atomic mass is 9.93. The van der Waals surface area contributed by atoms with Crippen LogP contribution in [0.1, 0.15) is 39.2 Å². The summed E-state index contributed by atoms with van der Waals surface area (Å²) in [6.07, 6.45) is 7.78. The van der Waals surface area contributed by atoms with E-state index >= 15 is 0 Å². The van der Waals surface area contributed by atoms with Gasteiger partial charge in [0.2, 0.25) is 16.0 Å². The lowest BCUT2D eigenvalue weighted by Gasteiger charge is -2.34. The van der Waals surface area contributed by atoms with E-state index in [9.17, 15) is 66.3 Å². The minimum absolute atomic E-state index is 0.0850. The smallest absolute Gasteiger partial charge is 0.487 e. The van der Waals surface area contributed by atoms with Crippen molar-refractivity contribution in [1.82, 2.24) is 39.2 Å². The highest BCUT2D eigenvalue weighted by molar-refractivity contribution is 9.10. The second kappa shape index (κ2) is 38.4. The van der Waals surface area contributed by atoms with Gasteiger partial charge in [-0.1, -0.05) is 34.8 Å². The van der Waals surface area contributed by atoms with Gasteiger partial charge in [-0.15, -0.1) is 43.9 Å². The number of guanidine groups is 1. The van der Waals surface area contributed by atoms with Crippen LogP contribution in [0.5, 0.6) is 40.2 Å². The Bertz CT molecular complexity index is 4040. The number of pyridine rings is 7. The number of hydrogen-bond donors (Lipinski definition) is 4. The molecule has 538 valence electrons. The fourth-order valence-electron chi connectivity index (χ4n) is 6.31. The summed E-state index contributed by atoms with van der Waals surface area (Å²) in [5, 5.41) is 28.9. The van der Waals surface area contributed by atoms with Crippen molar-refractivity contribution in [2.24, 2.45) is 10.7 Å². The number of nitrogens with one attached hydrogen (secondary N) is 1. The van der Waals surface area contributed by atoms with Gasteiger partial charge in [0, 0.05) is 76.3 Å². The van der Waals surface area contributed by atoms with Gasteiger partial charge in [-0.3, -0.25) is 4.79 Å². The van der Waals surface area contributed by atoms with Gasteiger partial charge in [-0.25, -0.2) is 61.8 Å². The molecular weight excluding hydrogens is 1630 g/mol. The van der Waals surface area contributed by atoms with Crippen LogP contribution in [0.25, 0.3) is 0 Å². The molecule has 24 nitrogen and oxygen atoms in total. The van der Waals surface area contributed by atoms with Gasteiger partial charge in [0.05, 0.1) is 56.2 Å². The quantitative estimate of drug-likeness (QED) is 0.0421. The average Bonchev–Trinajstić information content (AvgIpc) is 0.756. The Balaban J connectivity index is 0.000000324. The van der Waals surface area contributed by atoms with Crippen LogP contribution in [0, 0.1) is 17.1 Å². The molecule has 45 heteroatoms. The monoisotopic (exact) mass is 1660 g/mol. The molecule has 0 saturated carbocycles. The van der Waals surface area contributed by atoms with Crippen LogP contribution < -0.4 is 39.5 Å². The Hall–Kier alpha value is -8.45. The maximum atomic E-state index is 14.6. The molecule has 1 aliphatic rings. The third-order valence-corrected chi connectivity index (χ3v) is 13.8. The first kappa shape index (κ1) is 85.8. The normalized spacial score (nSPS) is 13.7. The number of aromatic nitrogens is 7.